The van der Waals surface area contributed by atoms with Gasteiger partial charge in [-0.3, -0.25) is 0 Å². The number of allylic oxidation sites excluding steroid dienone is 2. The smallest absolute Gasteiger partial charge is 0.134 e. The molecule has 0 aliphatic heterocycles. The van der Waals surface area contributed by atoms with Gasteiger partial charge >= 0.3 is 0 Å². The van der Waals surface area contributed by atoms with E-state index in [1.165, 1.54) is 6.42 Å². The molecule has 1 nitrogen and oxygen atoms in total. The average Bonchev–Trinajstić information content (AvgIpc) is 2.38. The fourth-order valence-corrected chi connectivity index (χ4v) is 1.85. The first-order chi connectivity index (χ1) is 7.90. The van der Waals surface area contributed by atoms with Crippen LogP contribution in [0.5, 0.6) is 5.75 Å². The average molecular weight is 212 g/mol. The van der Waals surface area contributed by atoms with Crippen LogP contribution in [0.4, 0.5) is 0 Å². The number of hydrogen-bond acceptors (Lipinski definition) is 1. The molecule has 0 radical (unpaired) electrons. The van der Waals surface area contributed by atoms with Gasteiger partial charge in [-0.15, -0.1) is 0 Å². The van der Waals surface area contributed by atoms with E-state index in [0.29, 0.717) is 5.92 Å². The summed E-state index contributed by atoms with van der Waals surface area (Å²) in [4.78, 5) is 0. The molecule has 0 saturated carbocycles. The maximum Gasteiger partial charge on any atom is 0.134 e. The Morgan fingerprint density at radius 3 is 2.88 bits per heavy atom. The summed E-state index contributed by atoms with van der Waals surface area (Å²) in [6.45, 7) is 0. The highest BCUT2D eigenvalue weighted by molar-refractivity contribution is 5.46. The molecular formula is C15H16O. The molecule has 2 rings (SSSR count). The van der Waals surface area contributed by atoms with Crippen LogP contribution in [0.3, 0.4) is 0 Å². The summed E-state index contributed by atoms with van der Waals surface area (Å²) in [6.07, 6.45) is 7.89. The van der Waals surface area contributed by atoms with Crippen molar-refractivity contribution >= 4 is 0 Å². The van der Waals surface area contributed by atoms with Crippen LogP contribution in [0.2, 0.25) is 0 Å². The molecule has 1 unspecified atom stereocenters. The Morgan fingerprint density at radius 2 is 2.12 bits per heavy atom. The summed E-state index contributed by atoms with van der Waals surface area (Å²) in [7, 11) is 1.68. The predicted octanol–water partition coefficient (Wildman–Crippen LogP) is 3.40. The number of methoxy groups -OCH3 is 1. The quantitative estimate of drug-likeness (QED) is 0.512. The summed E-state index contributed by atoms with van der Waals surface area (Å²) >= 11 is 0. The van der Waals surface area contributed by atoms with Crippen LogP contribution in [-0.2, 0) is 0 Å². The third-order valence-corrected chi connectivity index (χ3v) is 2.79. The van der Waals surface area contributed by atoms with Crippen LogP contribution in [-0.4, -0.2) is 7.11 Å². The van der Waals surface area contributed by atoms with E-state index in [1.807, 2.05) is 24.3 Å². The van der Waals surface area contributed by atoms with Gasteiger partial charge in [0, 0.05) is 5.92 Å². The van der Waals surface area contributed by atoms with Gasteiger partial charge in [0.05, 0.1) is 12.7 Å². The first-order valence-corrected chi connectivity index (χ1v) is 5.69. The standard InChI is InChI=1S/C15H16O/c1-16-15-10-6-5-9-14(15)12-11-13-7-3-2-4-8-13/h2-3,5-6,9-10,13H,4,7-8H2,1H3. The second-order valence-electron chi connectivity index (χ2n) is 3.95. The van der Waals surface area contributed by atoms with Crippen molar-refractivity contribution in [1.82, 2.24) is 0 Å². The fourth-order valence-electron chi connectivity index (χ4n) is 1.85. The van der Waals surface area contributed by atoms with Gasteiger partial charge in [0.25, 0.3) is 0 Å². The van der Waals surface area contributed by atoms with Crippen molar-refractivity contribution in [1.29, 1.82) is 0 Å². The molecule has 0 saturated heterocycles. The second kappa shape index (κ2) is 5.42. The summed E-state index contributed by atoms with van der Waals surface area (Å²) in [5.74, 6) is 7.93. The van der Waals surface area contributed by atoms with Crippen molar-refractivity contribution in [2.75, 3.05) is 7.11 Å². The van der Waals surface area contributed by atoms with Gasteiger partial charge in [0.1, 0.15) is 5.75 Å². The highest BCUT2D eigenvalue weighted by atomic mass is 16.5. The minimum absolute atomic E-state index is 0.509. The normalized spacial score (nSPS) is 18.7. The van der Waals surface area contributed by atoms with E-state index in [4.69, 9.17) is 4.74 Å². The first-order valence-electron chi connectivity index (χ1n) is 5.69. The molecule has 0 bridgehead atoms. The predicted molar refractivity (Wildman–Crippen MR) is 66.4 cm³/mol. The van der Waals surface area contributed by atoms with Gasteiger partial charge in [-0.1, -0.05) is 36.1 Å². The van der Waals surface area contributed by atoms with Gasteiger partial charge in [-0.05, 0) is 31.4 Å². The zero-order valence-electron chi connectivity index (χ0n) is 9.57. The van der Waals surface area contributed by atoms with Crippen molar-refractivity contribution in [2.24, 2.45) is 5.92 Å². The van der Waals surface area contributed by atoms with Gasteiger partial charge < -0.3 is 4.74 Å². The summed E-state index contributed by atoms with van der Waals surface area (Å²) in [6, 6.07) is 7.91. The molecular weight excluding hydrogens is 196 g/mol. The molecule has 1 atom stereocenters. The Morgan fingerprint density at radius 1 is 1.25 bits per heavy atom. The van der Waals surface area contributed by atoms with Gasteiger partial charge in [0.15, 0.2) is 0 Å². The molecule has 0 N–H and O–H groups in total. The lowest BCUT2D eigenvalue weighted by Gasteiger charge is -2.10. The van der Waals surface area contributed by atoms with Crippen molar-refractivity contribution in [3.05, 3.63) is 42.0 Å². The molecule has 1 aromatic rings. The van der Waals surface area contributed by atoms with E-state index in [2.05, 4.69) is 24.0 Å². The molecule has 0 heterocycles. The summed E-state index contributed by atoms with van der Waals surface area (Å²) in [5.41, 5.74) is 0.986. The maximum absolute atomic E-state index is 5.27. The Kier molecular flexibility index (Phi) is 3.66. The van der Waals surface area contributed by atoms with E-state index < -0.39 is 0 Å². The summed E-state index contributed by atoms with van der Waals surface area (Å²) < 4.78 is 5.27. The molecule has 1 aromatic carbocycles. The molecule has 82 valence electrons. The van der Waals surface area contributed by atoms with Crippen molar-refractivity contribution in [2.45, 2.75) is 19.3 Å². The SMILES string of the molecule is COc1ccccc1C#CC1CC=CCC1. The highest BCUT2D eigenvalue weighted by Gasteiger charge is 2.05. The molecule has 1 heteroatoms. The van der Waals surface area contributed by atoms with Gasteiger partial charge in [0.2, 0.25) is 0 Å². The first kappa shape index (κ1) is 10.8. The fraction of sp³-hybridized carbons (Fsp3) is 0.333. The Hall–Kier alpha value is -1.68. The lowest BCUT2D eigenvalue weighted by molar-refractivity contribution is 0.413. The minimum atomic E-state index is 0.509. The molecule has 1 aliphatic rings. The third-order valence-electron chi connectivity index (χ3n) is 2.79. The molecule has 1 aliphatic carbocycles. The van der Waals surface area contributed by atoms with Gasteiger partial charge in [-0.25, -0.2) is 0 Å². The van der Waals surface area contributed by atoms with E-state index >= 15 is 0 Å². The summed E-state index contributed by atoms with van der Waals surface area (Å²) in [5, 5.41) is 0. The van der Waals surface area contributed by atoms with Crippen LogP contribution in [0.1, 0.15) is 24.8 Å². The monoisotopic (exact) mass is 212 g/mol. The molecule has 16 heavy (non-hydrogen) atoms. The van der Waals surface area contributed by atoms with E-state index in [0.717, 1.165) is 24.2 Å². The van der Waals surface area contributed by atoms with E-state index in [1.54, 1.807) is 7.11 Å². The highest BCUT2D eigenvalue weighted by Crippen LogP contribution is 2.19. The lowest BCUT2D eigenvalue weighted by Crippen LogP contribution is -1.98. The zero-order chi connectivity index (χ0) is 11.2. The third kappa shape index (κ3) is 2.67. The number of para-hydroxylation sites is 1. The number of hydrogen-bond donors (Lipinski definition) is 0. The molecule has 0 amide bonds. The Labute approximate surface area is 97.1 Å². The van der Waals surface area contributed by atoms with Crippen LogP contribution in [0.25, 0.3) is 0 Å². The maximum atomic E-state index is 5.27. The van der Waals surface area contributed by atoms with Gasteiger partial charge in [-0.2, -0.15) is 0 Å². The van der Waals surface area contributed by atoms with Crippen LogP contribution in [0, 0.1) is 17.8 Å². The largest absolute Gasteiger partial charge is 0.495 e. The minimum Gasteiger partial charge on any atom is -0.495 e. The molecule has 0 spiro atoms. The molecule has 0 fully saturated rings. The molecule has 0 aromatic heterocycles. The number of rotatable bonds is 1. The van der Waals surface area contributed by atoms with Crippen molar-refractivity contribution in [3.8, 4) is 17.6 Å². The lowest BCUT2D eigenvalue weighted by atomic mass is 9.95. The second-order valence-corrected chi connectivity index (χ2v) is 3.95. The van der Waals surface area contributed by atoms with Crippen LogP contribution < -0.4 is 4.74 Å². The Bertz CT molecular complexity index is 434. The van der Waals surface area contributed by atoms with Crippen LogP contribution >= 0.6 is 0 Å². The number of ether oxygens (including phenoxy) is 1. The van der Waals surface area contributed by atoms with E-state index in [-0.39, 0.29) is 0 Å². The number of benzene rings is 1. The van der Waals surface area contributed by atoms with E-state index in [9.17, 15) is 0 Å². The Balaban J connectivity index is 2.13. The topological polar surface area (TPSA) is 9.23 Å². The van der Waals surface area contributed by atoms with Crippen LogP contribution in [0.15, 0.2) is 36.4 Å². The van der Waals surface area contributed by atoms with Crippen molar-refractivity contribution < 1.29 is 4.74 Å². The van der Waals surface area contributed by atoms with Crippen molar-refractivity contribution in [3.63, 3.8) is 0 Å². The zero-order valence-corrected chi connectivity index (χ0v) is 9.57.